The molecular weight excluding hydrogens is 260 g/mol. The van der Waals surface area contributed by atoms with Crippen molar-refractivity contribution in [3.8, 4) is 5.75 Å². The van der Waals surface area contributed by atoms with Gasteiger partial charge in [-0.1, -0.05) is 0 Å². The highest BCUT2D eigenvalue weighted by Gasteiger charge is 2.13. The molecule has 0 bridgehead atoms. The molecular formula is C15H20O5. The summed E-state index contributed by atoms with van der Waals surface area (Å²) in [6.07, 6.45) is 3.98. The van der Waals surface area contributed by atoms with Crippen molar-refractivity contribution in [2.24, 2.45) is 0 Å². The molecule has 1 aromatic carbocycles. The number of carboxylic acids is 1. The Morgan fingerprint density at radius 3 is 2.70 bits per heavy atom. The number of rotatable bonds is 7. The average Bonchev–Trinajstić information content (AvgIpc) is 2.48. The molecule has 5 nitrogen and oxygen atoms in total. The Kier molecular flexibility index (Phi) is 5.83. The van der Waals surface area contributed by atoms with E-state index in [9.17, 15) is 4.79 Å². The van der Waals surface area contributed by atoms with Crippen molar-refractivity contribution < 1.29 is 24.1 Å². The molecule has 1 atom stereocenters. The van der Waals surface area contributed by atoms with Gasteiger partial charge in [-0.25, -0.2) is 4.79 Å². The number of aromatic carboxylic acids is 1. The van der Waals surface area contributed by atoms with Gasteiger partial charge in [0.2, 0.25) is 0 Å². The van der Waals surface area contributed by atoms with E-state index in [0.717, 1.165) is 32.3 Å². The minimum atomic E-state index is -0.933. The third-order valence-electron chi connectivity index (χ3n) is 3.10. The van der Waals surface area contributed by atoms with Crippen LogP contribution in [0.25, 0.3) is 0 Å². The molecule has 1 aliphatic heterocycles. The zero-order valence-corrected chi connectivity index (χ0v) is 11.4. The fourth-order valence-corrected chi connectivity index (χ4v) is 2.00. The number of benzene rings is 1. The Bertz CT molecular complexity index is 409. The Hall–Kier alpha value is -1.59. The van der Waals surface area contributed by atoms with Gasteiger partial charge in [-0.3, -0.25) is 0 Å². The van der Waals surface area contributed by atoms with Crippen LogP contribution in [0.4, 0.5) is 0 Å². The van der Waals surface area contributed by atoms with Crippen LogP contribution in [0.2, 0.25) is 0 Å². The minimum absolute atomic E-state index is 0.0569. The van der Waals surface area contributed by atoms with Gasteiger partial charge >= 0.3 is 5.97 Å². The second-order valence-electron chi connectivity index (χ2n) is 4.70. The first-order valence-corrected chi connectivity index (χ1v) is 6.95. The van der Waals surface area contributed by atoms with Gasteiger partial charge in [0.25, 0.3) is 0 Å². The monoisotopic (exact) mass is 280 g/mol. The second-order valence-corrected chi connectivity index (χ2v) is 4.70. The summed E-state index contributed by atoms with van der Waals surface area (Å²) in [6, 6.07) is 6.39. The lowest BCUT2D eigenvalue weighted by atomic mass is 10.2. The van der Waals surface area contributed by atoms with Crippen molar-refractivity contribution >= 4 is 5.97 Å². The molecule has 1 aromatic rings. The maximum atomic E-state index is 10.7. The molecule has 0 spiro atoms. The summed E-state index contributed by atoms with van der Waals surface area (Å²) < 4.78 is 16.6. The second kappa shape index (κ2) is 7.87. The molecule has 0 aliphatic carbocycles. The summed E-state index contributed by atoms with van der Waals surface area (Å²) in [5.74, 6) is -0.263. The summed E-state index contributed by atoms with van der Waals surface area (Å²) in [5.41, 5.74) is 0.259. The van der Waals surface area contributed by atoms with Crippen LogP contribution in [0.3, 0.4) is 0 Å². The van der Waals surface area contributed by atoms with E-state index in [0.29, 0.717) is 19.0 Å². The first-order chi connectivity index (χ1) is 9.75. The first-order valence-electron chi connectivity index (χ1n) is 6.95. The van der Waals surface area contributed by atoms with Gasteiger partial charge in [-0.2, -0.15) is 0 Å². The molecule has 2 rings (SSSR count). The van der Waals surface area contributed by atoms with Gasteiger partial charge in [0.05, 0.1) is 18.8 Å². The molecule has 1 N–H and O–H groups in total. The largest absolute Gasteiger partial charge is 0.494 e. The van der Waals surface area contributed by atoms with Crippen molar-refractivity contribution in [1.29, 1.82) is 0 Å². The van der Waals surface area contributed by atoms with E-state index >= 15 is 0 Å². The highest BCUT2D eigenvalue weighted by atomic mass is 16.7. The third-order valence-corrected chi connectivity index (χ3v) is 3.10. The van der Waals surface area contributed by atoms with E-state index in [1.807, 2.05) is 0 Å². The summed E-state index contributed by atoms with van der Waals surface area (Å²) in [4.78, 5) is 10.7. The molecule has 1 saturated heterocycles. The molecule has 0 aromatic heterocycles. The molecule has 0 radical (unpaired) electrons. The summed E-state index contributed by atoms with van der Waals surface area (Å²) >= 11 is 0. The highest BCUT2D eigenvalue weighted by Crippen LogP contribution is 2.14. The van der Waals surface area contributed by atoms with E-state index in [1.54, 1.807) is 12.1 Å². The van der Waals surface area contributed by atoms with Crippen LogP contribution in [0.5, 0.6) is 5.75 Å². The molecule has 110 valence electrons. The number of hydrogen-bond donors (Lipinski definition) is 1. The number of hydrogen-bond acceptors (Lipinski definition) is 4. The van der Waals surface area contributed by atoms with Gasteiger partial charge < -0.3 is 19.3 Å². The van der Waals surface area contributed by atoms with E-state index in [-0.39, 0.29) is 11.9 Å². The number of ether oxygens (including phenoxy) is 3. The topological polar surface area (TPSA) is 65.0 Å². The van der Waals surface area contributed by atoms with Gasteiger partial charge in [-0.15, -0.1) is 0 Å². The molecule has 1 fully saturated rings. The van der Waals surface area contributed by atoms with Crippen LogP contribution in [0, 0.1) is 0 Å². The number of carbonyl (C=O) groups is 1. The van der Waals surface area contributed by atoms with Crippen molar-refractivity contribution in [1.82, 2.24) is 0 Å². The van der Waals surface area contributed by atoms with Gasteiger partial charge in [0, 0.05) is 13.0 Å². The summed E-state index contributed by atoms with van der Waals surface area (Å²) in [7, 11) is 0. The van der Waals surface area contributed by atoms with Crippen molar-refractivity contribution in [3.05, 3.63) is 29.8 Å². The molecule has 1 heterocycles. The quantitative estimate of drug-likeness (QED) is 0.778. The van der Waals surface area contributed by atoms with E-state index in [1.165, 1.54) is 12.1 Å². The zero-order valence-electron chi connectivity index (χ0n) is 11.4. The molecule has 1 aliphatic rings. The normalized spacial score (nSPS) is 18.7. The molecule has 1 unspecified atom stereocenters. The smallest absolute Gasteiger partial charge is 0.335 e. The Morgan fingerprint density at radius 2 is 2.05 bits per heavy atom. The maximum Gasteiger partial charge on any atom is 0.335 e. The summed E-state index contributed by atoms with van der Waals surface area (Å²) in [6.45, 7) is 1.94. The standard InChI is InChI=1S/C15H20O5/c16-15(17)12-5-7-13(8-6-12)18-10-3-11-20-14-4-1-2-9-19-14/h5-8,14H,1-4,9-11H2,(H,16,17). The Labute approximate surface area is 118 Å². The zero-order chi connectivity index (χ0) is 14.2. The molecule has 0 saturated carbocycles. The van der Waals surface area contributed by atoms with Crippen LogP contribution in [-0.2, 0) is 9.47 Å². The third kappa shape index (κ3) is 4.83. The lowest BCUT2D eigenvalue weighted by Gasteiger charge is -2.22. The average molecular weight is 280 g/mol. The van der Waals surface area contributed by atoms with Crippen LogP contribution >= 0.6 is 0 Å². The van der Waals surface area contributed by atoms with E-state index in [4.69, 9.17) is 19.3 Å². The molecule has 0 amide bonds. The predicted molar refractivity (Wildman–Crippen MR) is 73.1 cm³/mol. The fourth-order valence-electron chi connectivity index (χ4n) is 2.00. The van der Waals surface area contributed by atoms with E-state index < -0.39 is 5.97 Å². The van der Waals surface area contributed by atoms with Crippen LogP contribution in [0.15, 0.2) is 24.3 Å². The lowest BCUT2D eigenvalue weighted by molar-refractivity contribution is -0.163. The molecule has 5 heteroatoms. The van der Waals surface area contributed by atoms with Gasteiger partial charge in [0.15, 0.2) is 6.29 Å². The first kappa shape index (κ1) is 14.8. The van der Waals surface area contributed by atoms with Crippen LogP contribution in [-0.4, -0.2) is 37.2 Å². The number of carboxylic acid groups (broad SMARTS) is 1. The Morgan fingerprint density at radius 1 is 1.25 bits per heavy atom. The highest BCUT2D eigenvalue weighted by molar-refractivity contribution is 5.87. The van der Waals surface area contributed by atoms with Gasteiger partial charge in [-0.05, 0) is 43.5 Å². The summed E-state index contributed by atoms with van der Waals surface area (Å²) in [5, 5.41) is 8.78. The Balaban J connectivity index is 1.59. The maximum absolute atomic E-state index is 10.7. The predicted octanol–water partition coefficient (Wildman–Crippen LogP) is 2.70. The van der Waals surface area contributed by atoms with Crippen LogP contribution in [0.1, 0.15) is 36.0 Å². The van der Waals surface area contributed by atoms with Crippen molar-refractivity contribution in [2.45, 2.75) is 32.0 Å². The minimum Gasteiger partial charge on any atom is -0.494 e. The van der Waals surface area contributed by atoms with E-state index in [2.05, 4.69) is 0 Å². The molecule has 20 heavy (non-hydrogen) atoms. The SMILES string of the molecule is O=C(O)c1ccc(OCCCOC2CCCCO2)cc1. The van der Waals surface area contributed by atoms with Crippen LogP contribution < -0.4 is 4.74 Å². The van der Waals surface area contributed by atoms with Crippen molar-refractivity contribution in [3.63, 3.8) is 0 Å². The van der Waals surface area contributed by atoms with Crippen molar-refractivity contribution in [2.75, 3.05) is 19.8 Å². The lowest BCUT2D eigenvalue weighted by Crippen LogP contribution is -2.23. The van der Waals surface area contributed by atoms with Gasteiger partial charge in [0.1, 0.15) is 5.75 Å². The fraction of sp³-hybridized carbons (Fsp3) is 0.533.